The molecule has 6 heteroatoms. The van der Waals surface area contributed by atoms with Gasteiger partial charge in [0, 0.05) is 11.3 Å². The monoisotopic (exact) mass is 439 g/mol. The number of carbonyl (C=O) groups is 1. The molecule has 0 aliphatic rings. The maximum Gasteiger partial charge on any atom is 0.221 e. The summed E-state index contributed by atoms with van der Waals surface area (Å²) in [7, 11) is 4.75. The topological polar surface area (TPSA) is 56.8 Å². The number of amides is 1. The number of nitrogens with one attached hydrogen (secondary N) is 1. The van der Waals surface area contributed by atoms with Gasteiger partial charge in [-0.1, -0.05) is 37.3 Å². The van der Waals surface area contributed by atoms with Gasteiger partial charge in [0.15, 0.2) is 11.5 Å². The number of hydrogen-bond donors (Lipinski definition) is 1. The Morgan fingerprint density at radius 2 is 1.65 bits per heavy atom. The highest BCUT2D eigenvalue weighted by Crippen LogP contribution is 2.38. The first-order valence-electron chi connectivity index (χ1n) is 10.3. The minimum Gasteiger partial charge on any atom is -0.493 e. The Labute approximate surface area is 188 Å². The molecule has 1 amide bonds. The van der Waals surface area contributed by atoms with Crippen LogP contribution in [-0.2, 0) is 17.6 Å². The highest BCUT2D eigenvalue weighted by Gasteiger charge is 2.19. The highest BCUT2D eigenvalue weighted by molar-refractivity contribution is 7.10. The lowest BCUT2D eigenvalue weighted by Crippen LogP contribution is -2.29. The van der Waals surface area contributed by atoms with Gasteiger partial charge in [-0.3, -0.25) is 4.79 Å². The Balaban J connectivity index is 1.73. The van der Waals surface area contributed by atoms with Crippen molar-refractivity contribution < 1.29 is 19.0 Å². The number of aryl methyl sites for hydroxylation is 2. The van der Waals surface area contributed by atoms with Crippen LogP contribution in [0.3, 0.4) is 0 Å². The minimum atomic E-state index is -0.154. The van der Waals surface area contributed by atoms with Crippen LogP contribution in [0.15, 0.2) is 53.9 Å². The molecule has 0 fully saturated rings. The van der Waals surface area contributed by atoms with Gasteiger partial charge < -0.3 is 19.5 Å². The number of rotatable bonds is 10. The summed E-state index contributed by atoms with van der Waals surface area (Å²) in [6.07, 6.45) is 1.91. The summed E-state index contributed by atoms with van der Waals surface area (Å²) in [5.41, 5.74) is 3.31. The van der Waals surface area contributed by atoms with Crippen molar-refractivity contribution in [1.29, 1.82) is 0 Å². The van der Waals surface area contributed by atoms with Crippen LogP contribution in [0.2, 0.25) is 0 Å². The fourth-order valence-electron chi connectivity index (χ4n) is 3.49. The Kier molecular flexibility index (Phi) is 7.95. The smallest absolute Gasteiger partial charge is 0.221 e. The van der Waals surface area contributed by atoms with Crippen molar-refractivity contribution in [2.75, 3.05) is 21.3 Å². The normalized spacial score (nSPS) is 11.6. The summed E-state index contributed by atoms with van der Waals surface area (Å²) in [6, 6.07) is 16.1. The molecule has 0 saturated carbocycles. The zero-order chi connectivity index (χ0) is 22.2. The van der Waals surface area contributed by atoms with E-state index in [1.54, 1.807) is 32.7 Å². The average Bonchev–Trinajstić information content (AvgIpc) is 3.35. The second kappa shape index (κ2) is 10.9. The Morgan fingerprint density at radius 3 is 2.16 bits per heavy atom. The summed E-state index contributed by atoms with van der Waals surface area (Å²) < 4.78 is 16.2. The highest BCUT2D eigenvalue weighted by atomic mass is 32.1. The molecule has 0 radical (unpaired) electrons. The van der Waals surface area contributed by atoms with E-state index in [1.165, 1.54) is 5.56 Å². The molecule has 3 rings (SSSR count). The first kappa shape index (κ1) is 22.7. The van der Waals surface area contributed by atoms with Gasteiger partial charge in [-0.25, -0.2) is 0 Å². The van der Waals surface area contributed by atoms with Crippen molar-refractivity contribution in [2.45, 2.75) is 32.2 Å². The van der Waals surface area contributed by atoms with Gasteiger partial charge in [0.25, 0.3) is 0 Å². The fraction of sp³-hybridized carbons (Fsp3) is 0.320. The molecule has 5 nitrogen and oxygen atoms in total. The first-order chi connectivity index (χ1) is 15.1. The van der Waals surface area contributed by atoms with E-state index in [0.29, 0.717) is 30.1 Å². The van der Waals surface area contributed by atoms with Crippen LogP contribution >= 0.6 is 11.3 Å². The van der Waals surface area contributed by atoms with E-state index in [4.69, 9.17) is 14.2 Å². The summed E-state index contributed by atoms with van der Waals surface area (Å²) in [6.45, 7) is 2.14. The number of methoxy groups -OCH3 is 3. The lowest BCUT2D eigenvalue weighted by Gasteiger charge is -2.19. The number of ether oxygens (including phenoxy) is 3. The Hall–Kier alpha value is -2.99. The van der Waals surface area contributed by atoms with Crippen LogP contribution in [0.4, 0.5) is 0 Å². The maximum atomic E-state index is 12.9. The molecule has 1 heterocycles. The first-order valence-corrected chi connectivity index (χ1v) is 11.2. The van der Waals surface area contributed by atoms with Gasteiger partial charge in [-0.05, 0) is 53.1 Å². The van der Waals surface area contributed by atoms with E-state index >= 15 is 0 Å². The van der Waals surface area contributed by atoms with Crippen molar-refractivity contribution in [1.82, 2.24) is 5.32 Å². The van der Waals surface area contributed by atoms with Crippen LogP contribution in [0.25, 0.3) is 0 Å². The lowest BCUT2D eigenvalue weighted by molar-refractivity contribution is -0.121. The molecular weight excluding hydrogens is 410 g/mol. The van der Waals surface area contributed by atoms with Gasteiger partial charge in [0.1, 0.15) is 0 Å². The zero-order valence-corrected chi connectivity index (χ0v) is 19.3. The van der Waals surface area contributed by atoms with Gasteiger partial charge >= 0.3 is 0 Å². The molecular formula is C25H29NO4S. The summed E-state index contributed by atoms with van der Waals surface area (Å²) in [5.74, 6) is 1.72. The molecule has 1 atom stereocenters. The van der Waals surface area contributed by atoms with E-state index in [-0.39, 0.29) is 11.9 Å². The van der Waals surface area contributed by atoms with Crippen molar-refractivity contribution >= 4 is 17.2 Å². The van der Waals surface area contributed by atoms with Crippen molar-refractivity contribution in [3.63, 3.8) is 0 Å². The molecule has 0 bridgehead atoms. The van der Waals surface area contributed by atoms with Crippen molar-refractivity contribution in [2.24, 2.45) is 0 Å². The van der Waals surface area contributed by atoms with Gasteiger partial charge in [0.2, 0.25) is 11.7 Å². The number of hydrogen-bond acceptors (Lipinski definition) is 5. The second-order valence-corrected chi connectivity index (χ2v) is 8.12. The van der Waals surface area contributed by atoms with E-state index < -0.39 is 0 Å². The van der Waals surface area contributed by atoms with Gasteiger partial charge in [0.05, 0.1) is 27.4 Å². The Morgan fingerprint density at radius 1 is 0.968 bits per heavy atom. The van der Waals surface area contributed by atoms with E-state index in [9.17, 15) is 4.79 Å². The van der Waals surface area contributed by atoms with Crippen LogP contribution in [0.1, 0.15) is 41.0 Å². The van der Waals surface area contributed by atoms with Crippen LogP contribution in [0, 0.1) is 0 Å². The number of benzene rings is 2. The number of carbonyl (C=O) groups excluding carboxylic acids is 1. The molecule has 1 N–H and O–H groups in total. The fourth-order valence-corrected chi connectivity index (χ4v) is 4.29. The largest absolute Gasteiger partial charge is 0.493 e. The molecule has 1 aromatic heterocycles. The molecule has 1 unspecified atom stereocenters. The van der Waals surface area contributed by atoms with Gasteiger partial charge in [-0.2, -0.15) is 0 Å². The van der Waals surface area contributed by atoms with E-state index in [2.05, 4.69) is 42.6 Å². The average molecular weight is 440 g/mol. The molecule has 3 aromatic rings. The third-order valence-electron chi connectivity index (χ3n) is 5.22. The molecule has 164 valence electrons. The van der Waals surface area contributed by atoms with Crippen molar-refractivity contribution in [3.05, 3.63) is 75.5 Å². The van der Waals surface area contributed by atoms with Crippen LogP contribution in [-0.4, -0.2) is 27.2 Å². The predicted molar refractivity (Wildman–Crippen MR) is 125 cm³/mol. The van der Waals surface area contributed by atoms with E-state index in [0.717, 1.165) is 22.4 Å². The van der Waals surface area contributed by atoms with Crippen molar-refractivity contribution in [3.8, 4) is 17.2 Å². The Bertz CT molecular complexity index is 958. The zero-order valence-electron chi connectivity index (χ0n) is 18.4. The van der Waals surface area contributed by atoms with Gasteiger partial charge in [-0.15, -0.1) is 11.3 Å². The number of thiophene rings is 1. The SMILES string of the molecule is CCc1ccc(C(NC(=O)CCc2cc(OC)c(OC)c(OC)c2)c2cccs2)cc1. The van der Waals surface area contributed by atoms with Crippen LogP contribution in [0.5, 0.6) is 17.2 Å². The third-order valence-corrected chi connectivity index (χ3v) is 6.16. The third kappa shape index (κ3) is 5.58. The summed E-state index contributed by atoms with van der Waals surface area (Å²) in [5, 5.41) is 5.24. The maximum absolute atomic E-state index is 12.9. The minimum absolute atomic E-state index is 0.00767. The molecule has 0 spiro atoms. The second-order valence-electron chi connectivity index (χ2n) is 7.14. The molecule has 0 saturated heterocycles. The lowest BCUT2D eigenvalue weighted by atomic mass is 10.0. The van der Waals surface area contributed by atoms with Crippen LogP contribution < -0.4 is 19.5 Å². The summed E-state index contributed by atoms with van der Waals surface area (Å²) in [4.78, 5) is 14.0. The molecule has 2 aromatic carbocycles. The molecule has 0 aliphatic carbocycles. The standard InChI is InChI=1S/C25H29NO4S/c1-5-17-8-11-19(12-9-17)24(22-7-6-14-31-22)26-23(27)13-10-18-15-20(28-2)25(30-4)21(16-18)29-3/h6-9,11-12,14-16,24H,5,10,13H2,1-4H3,(H,26,27). The molecule has 31 heavy (non-hydrogen) atoms. The molecule has 0 aliphatic heterocycles. The quantitative estimate of drug-likeness (QED) is 0.473. The predicted octanol–water partition coefficient (Wildman–Crippen LogP) is 5.17. The van der Waals surface area contributed by atoms with E-state index in [1.807, 2.05) is 23.6 Å². The summed E-state index contributed by atoms with van der Waals surface area (Å²) >= 11 is 1.64.